The zero-order valence-corrected chi connectivity index (χ0v) is 12.6. The number of carbonyl (C=O) groups is 1. The highest BCUT2D eigenvalue weighted by atomic mass is 16.2. The van der Waals surface area contributed by atoms with Gasteiger partial charge in [-0.3, -0.25) is 4.79 Å². The summed E-state index contributed by atoms with van der Waals surface area (Å²) in [5.41, 5.74) is 7.85. The van der Waals surface area contributed by atoms with E-state index in [4.69, 9.17) is 10.8 Å². The first-order valence-corrected chi connectivity index (χ1v) is 7.95. The summed E-state index contributed by atoms with van der Waals surface area (Å²) < 4.78 is 0. The van der Waals surface area contributed by atoms with E-state index in [2.05, 4.69) is 5.32 Å². The summed E-state index contributed by atoms with van der Waals surface area (Å²) in [6.45, 7) is 0.137. The molecule has 4 heteroatoms. The molecular formula is C17H26N2O2. The van der Waals surface area contributed by atoms with Gasteiger partial charge in [0.1, 0.15) is 0 Å². The Bertz CT molecular complexity index is 439. The standard InChI is InChI=1S/C17H26N2O2/c18-16(12-14-4-2-1-3-5-14)17(21)19-15-8-6-13(7-9-15)10-11-20/h6-9,14,16,20H,1-5,10-12,18H2,(H,19,21). The molecule has 0 radical (unpaired) electrons. The molecule has 0 aliphatic heterocycles. The van der Waals surface area contributed by atoms with E-state index in [0.29, 0.717) is 12.3 Å². The highest BCUT2D eigenvalue weighted by molar-refractivity contribution is 5.94. The summed E-state index contributed by atoms with van der Waals surface area (Å²) in [6.07, 6.45) is 7.69. The summed E-state index contributed by atoms with van der Waals surface area (Å²) in [7, 11) is 0. The fourth-order valence-corrected chi connectivity index (χ4v) is 3.01. The molecule has 1 atom stereocenters. The number of nitrogens with one attached hydrogen (secondary N) is 1. The number of rotatable bonds is 6. The summed E-state index contributed by atoms with van der Waals surface area (Å²) in [6, 6.07) is 7.12. The lowest BCUT2D eigenvalue weighted by molar-refractivity contribution is -0.117. The Hall–Kier alpha value is -1.39. The zero-order chi connectivity index (χ0) is 15.1. The molecule has 116 valence electrons. The van der Waals surface area contributed by atoms with Crippen LogP contribution in [0.2, 0.25) is 0 Å². The molecule has 21 heavy (non-hydrogen) atoms. The lowest BCUT2D eigenvalue weighted by Crippen LogP contribution is -2.37. The third kappa shape index (κ3) is 5.14. The Labute approximate surface area is 126 Å². The van der Waals surface area contributed by atoms with Crippen LogP contribution in [0, 0.1) is 5.92 Å². The van der Waals surface area contributed by atoms with Gasteiger partial charge in [-0.05, 0) is 36.5 Å². The van der Waals surface area contributed by atoms with E-state index in [1.165, 1.54) is 32.1 Å². The van der Waals surface area contributed by atoms with E-state index < -0.39 is 6.04 Å². The normalized spacial score (nSPS) is 17.4. The smallest absolute Gasteiger partial charge is 0.241 e. The van der Waals surface area contributed by atoms with Crippen molar-refractivity contribution in [2.24, 2.45) is 11.7 Å². The van der Waals surface area contributed by atoms with E-state index in [-0.39, 0.29) is 12.5 Å². The van der Waals surface area contributed by atoms with E-state index in [1.807, 2.05) is 24.3 Å². The van der Waals surface area contributed by atoms with Crippen molar-refractivity contribution < 1.29 is 9.90 Å². The fraction of sp³-hybridized carbons (Fsp3) is 0.588. The average molecular weight is 290 g/mol. The monoisotopic (exact) mass is 290 g/mol. The number of amides is 1. The number of anilines is 1. The number of benzene rings is 1. The minimum absolute atomic E-state index is 0.101. The molecule has 1 aromatic carbocycles. The molecule has 1 unspecified atom stereocenters. The Morgan fingerprint density at radius 1 is 1.24 bits per heavy atom. The molecule has 2 rings (SSSR count). The minimum atomic E-state index is -0.426. The molecule has 0 heterocycles. The van der Waals surface area contributed by atoms with Crippen LogP contribution in [0.1, 0.15) is 44.1 Å². The first kappa shape index (κ1) is 16.0. The lowest BCUT2D eigenvalue weighted by Gasteiger charge is -2.24. The van der Waals surface area contributed by atoms with Crippen molar-refractivity contribution in [3.8, 4) is 0 Å². The minimum Gasteiger partial charge on any atom is -0.396 e. The molecular weight excluding hydrogens is 264 g/mol. The molecule has 1 saturated carbocycles. The van der Waals surface area contributed by atoms with Crippen LogP contribution in [0.4, 0.5) is 5.69 Å². The lowest BCUT2D eigenvalue weighted by atomic mass is 9.85. The number of hydrogen-bond donors (Lipinski definition) is 3. The third-order valence-electron chi connectivity index (χ3n) is 4.27. The van der Waals surface area contributed by atoms with E-state index in [0.717, 1.165) is 17.7 Å². The molecule has 4 nitrogen and oxygen atoms in total. The van der Waals surface area contributed by atoms with Crippen molar-refractivity contribution in [2.75, 3.05) is 11.9 Å². The number of nitrogens with two attached hydrogens (primary N) is 1. The van der Waals surface area contributed by atoms with Crippen molar-refractivity contribution in [3.63, 3.8) is 0 Å². The highest BCUT2D eigenvalue weighted by Gasteiger charge is 2.21. The SMILES string of the molecule is NC(CC1CCCCC1)C(=O)Nc1ccc(CCO)cc1. The van der Waals surface area contributed by atoms with Gasteiger partial charge in [0, 0.05) is 12.3 Å². The van der Waals surface area contributed by atoms with Gasteiger partial charge in [-0.2, -0.15) is 0 Å². The Kier molecular flexibility index (Phi) is 6.21. The summed E-state index contributed by atoms with van der Waals surface area (Å²) in [5, 5.41) is 11.8. The number of hydrogen-bond acceptors (Lipinski definition) is 3. The highest BCUT2D eigenvalue weighted by Crippen LogP contribution is 2.27. The van der Waals surface area contributed by atoms with Crippen molar-refractivity contribution in [3.05, 3.63) is 29.8 Å². The predicted octanol–water partition coefficient (Wildman–Crippen LogP) is 2.46. The van der Waals surface area contributed by atoms with Gasteiger partial charge < -0.3 is 16.2 Å². The molecule has 0 aromatic heterocycles. The number of aliphatic hydroxyl groups excluding tert-OH is 1. The summed E-state index contributed by atoms with van der Waals surface area (Å²) in [5.74, 6) is 0.502. The topological polar surface area (TPSA) is 75.4 Å². The maximum absolute atomic E-state index is 12.1. The van der Waals surface area contributed by atoms with Crippen molar-refractivity contribution >= 4 is 11.6 Å². The second kappa shape index (κ2) is 8.15. The van der Waals surface area contributed by atoms with E-state index in [1.54, 1.807) is 0 Å². The van der Waals surface area contributed by atoms with Crippen molar-refractivity contribution in [1.82, 2.24) is 0 Å². The van der Waals surface area contributed by atoms with Gasteiger partial charge in [0.05, 0.1) is 6.04 Å². The Morgan fingerprint density at radius 3 is 2.52 bits per heavy atom. The Morgan fingerprint density at radius 2 is 1.90 bits per heavy atom. The number of aliphatic hydroxyl groups is 1. The first-order chi connectivity index (χ1) is 10.2. The maximum atomic E-state index is 12.1. The van der Waals surface area contributed by atoms with Crippen LogP contribution < -0.4 is 11.1 Å². The fourth-order valence-electron chi connectivity index (χ4n) is 3.01. The van der Waals surface area contributed by atoms with Gasteiger partial charge in [-0.1, -0.05) is 44.2 Å². The summed E-state index contributed by atoms with van der Waals surface area (Å²) >= 11 is 0. The van der Waals surface area contributed by atoms with Crippen LogP contribution in [0.15, 0.2) is 24.3 Å². The molecule has 1 fully saturated rings. The Balaban J connectivity index is 1.81. The first-order valence-electron chi connectivity index (χ1n) is 7.95. The molecule has 1 aliphatic rings. The average Bonchev–Trinajstić information content (AvgIpc) is 2.50. The van der Waals surface area contributed by atoms with Gasteiger partial charge in [0.15, 0.2) is 0 Å². The van der Waals surface area contributed by atoms with Crippen LogP contribution in [0.3, 0.4) is 0 Å². The molecule has 0 spiro atoms. The summed E-state index contributed by atoms with van der Waals surface area (Å²) in [4.78, 5) is 12.1. The predicted molar refractivity (Wildman–Crippen MR) is 85.0 cm³/mol. The van der Waals surface area contributed by atoms with Crippen molar-refractivity contribution in [2.45, 2.75) is 51.0 Å². The van der Waals surface area contributed by atoms with E-state index in [9.17, 15) is 4.79 Å². The van der Waals surface area contributed by atoms with Crippen LogP contribution >= 0.6 is 0 Å². The quantitative estimate of drug-likeness (QED) is 0.753. The van der Waals surface area contributed by atoms with Gasteiger partial charge >= 0.3 is 0 Å². The van der Waals surface area contributed by atoms with Crippen LogP contribution in [0.25, 0.3) is 0 Å². The molecule has 1 amide bonds. The van der Waals surface area contributed by atoms with Crippen LogP contribution in [-0.4, -0.2) is 23.7 Å². The second-order valence-corrected chi connectivity index (χ2v) is 6.01. The van der Waals surface area contributed by atoms with Crippen LogP contribution in [0.5, 0.6) is 0 Å². The van der Waals surface area contributed by atoms with E-state index >= 15 is 0 Å². The van der Waals surface area contributed by atoms with Crippen molar-refractivity contribution in [1.29, 1.82) is 0 Å². The number of carbonyl (C=O) groups excluding carboxylic acids is 1. The van der Waals surface area contributed by atoms with Crippen LogP contribution in [-0.2, 0) is 11.2 Å². The molecule has 0 saturated heterocycles. The zero-order valence-electron chi connectivity index (χ0n) is 12.6. The molecule has 0 bridgehead atoms. The van der Waals surface area contributed by atoms with Gasteiger partial charge in [-0.15, -0.1) is 0 Å². The third-order valence-corrected chi connectivity index (χ3v) is 4.27. The van der Waals surface area contributed by atoms with Gasteiger partial charge in [-0.25, -0.2) is 0 Å². The molecule has 4 N–H and O–H groups in total. The van der Waals surface area contributed by atoms with Gasteiger partial charge in [0.25, 0.3) is 0 Å². The second-order valence-electron chi connectivity index (χ2n) is 6.01. The van der Waals surface area contributed by atoms with Gasteiger partial charge in [0.2, 0.25) is 5.91 Å². The largest absolute Gasteiger partial charge is 0.396 e. The molecule has 1 aliphatic carbocycles. The molecule has 1 aromatic rings. The maximum Gasteiger partial charge on any atom is 0.241 e.